The molecule has 0 spiro atoms. The summed E-state index contributed by atoms with van der Waals surface area (Å²) in [6.45, 7) is 1.78. The quantitative estimate of drug-likeness (QED) is 0.822. The zero-order chi connectivity index (χ0) is 16.0. The van der Waals surface area contributed by atoms with Gasteiger partial charge >= 0.3 is 5.97 Å². The van der Waals surface area contributed by atoms with Gasteiger partial charge in [0.25, 0.3) is 5.91 Å². The van der Waals surface area contributed by atoms with Gasteiger partial charge in [-0.1, -0.05) is 19.1 Å². The molecule has 7 heteroatoms. The predicted octanol–water partition coefficient (Wildman–Crippen LogP) is 1.42. The monoisotopic (exact) mass is 313 g/mol. The third kappa shape index (κ3) is 4.56. The molecule has 6 nitrogen and oxygen atoms in total. The lowest BCUT2D eigenvalue weighted by Crippen LogP contribution is -2.29. The number of carbonyl (C=O) groups excluding carboxylic acids is 1. The van der Waals surface area contributed by atoms with E-state index < -0.39 is 21.7 Å². The number of carboxylic acid groups (broad SMARTS) is 1. The van der Waals surface area contributed by atoms with Crippen LogP contribution in [0, 0.1) is 0 Å². The van der Waals surface area contributed by atoms with Gasteiger partial charge < -0.3 is 10.0 Å². The van der Waals surface area contributed by atoms with Gasteiger partial charge in [-0.3, -0.25) is 9.59 Å². The Bertz CT molecular complexity index is 624. The molecule has 0 radical (unpaired) electrons. The Labute approximate surface area is 124 Å². The highest BCUT2D eigenvalue weighted by atomic mass is 32.2. The van der Waals surface area contributed by atoms with Crippen LogP contribution in [0.3, 0.4) is 0 Å². The first-order valence-electron chi connectivity index (χ1n) is 6.58. The summed E-state index contributed by atoms with van der Waals surface area (Å²) in [5, 5.41) is 8.58. The molecular weight excluding hydrogens is 294 g/mol. The largest absolute Gasteiger partial charge is 0.481 e. The molecule has 0 atom stereocenters. The fraction of sp³-hybridized carbons (Fsp3) is 0.429. The maximum Gasteiger partial charge on any atom is 0.303 e. The Morgan fingerprint density at radius 2 is 1.86 bits per heavy atom. The zero-order valence-corrected chi connectivity index (χ0v) is 12.9. The van der Waals surface area contributed by atoms with Crippen molar-refractivity contribution in [1.82, 2.24) is 4.90 Å². The number of aliphatic carboxylic acids is 1. The molecule has 0 saturated heterocycles. The summed E-state index contributed by atoms with van der Waals surface area (Å²) in [6.07, 6.45) is 0.285. The maximum atomic E-state index is 12.3. The molecule has 0 aromatic heterocycles. The van der Waals surface area contributed by atoms with Gasteiger partial charge in [-0.2, -0.15) is 0 Å². The summed E-state index contributed by atoms with van der Waals surface area (Å²) < 4.78 is 24.0. The standard InChI is InChI=1S/C14H19NO5S/c1-3-21(19,20)12-8-5-4-7-11(12)14(18)15(2)10-6-9-13(16)17/h4-5,7-8H,3,6,9-10H2,1-2H3,(H,16,17). The van der Waals surface area contributed by atoms with Crippen molar-refractivity contribution in [2.75, 3.05) is 19.3 Å². The van der Waals surface area contributed by atoms with E-state index in [-0.39, 0.29) is 29.2 Å². The van der Waals surface area contributed by atoms with Crippen molar-refractivity contribution >= 4 is 21.7 Å². The third-order valence-corrected chi connectivity index (χ3v) is 4.85. The van der Waals surface area contributed by atoms with Crippen molar-refractivity contribution in [3.63, 3.8) is 0 Å². The van der Waals surface area contributed by atoms with Crippen molar-refractivity contribution in [3.8, 4) is 0 Å². The summed E-state index contributed by atoms with van der Waals surface area (Å²) in [7, 11) is -1.96. The molecule has 0 aliphatic carbocycles. The lowest BCUT2D eigenvalue weighted by Gasteiger charge is -2.18. The molecule has 1 N–H and O–H groups in total. The van der Waals surface area contributed by atoms with Crippen molar-refractivity contribution in [2.24, 2.45) is 0 Å². The van der Waals surface area contributed by atoms with E-state index in [1.54, 1.807) is 12.1 Å². The molecule has 1 amide bonds. The number of amides is 1. The van der Waals surface area contributed by atoms with Gasteiger partial charge in [0.05, 0.1) is 16.2 Å². The number of hydrogen-bond donors (Lipinski definition) is 1. The Kier molecular flexibility index (Phi) is 5.90. The van der Waals surface area contributed by atoms with Gasteiger partial charge in [0.1, 0.15) is 0 Å². The zero-order valence-electron chi connectivity index (χ0n) is 12.1. The molecule has 116 valence electrons. The molecule has 1 aromatic rings. The average molecular weight is 313 g/mol. The molecule has 0 bridgehead atoms. The minimum atomic E-state index is -3.48. The van der Waals surface area contributed by atoms with E-state index in [0.29, 0.717) is 6.42 Å². The van der Waals surface area contributed by atoms with Gasteiger partial charge in [-0.25, -0.2) is 8.42 Å². The van der Waals surface area contributed by atoms with Crippen LogP contribution in [0.25, 0.3) is 0 Å². The summed E-state index contributed by atoms with van der Waals surface area (Å²) in [6, 6.07) is 6.06. The highest BCUT2D eigenvalue weighted by Gasteiger charge is 2.22. The number of rotatable bonds is 7. The van der Waals surface area contributed by atoms with Crippen molar-refractivity contribution in [2.45, 2.75) is 24.7 Å². The topological polar surface area (TPSA) is 91.8 Å². The van der Waals surface area contributed by atoms with Crippen LogP contribution in [-0.4, -0.2) is 49.6 Å². The van der Waals surface area contributed by atoms with E-state index in [9.17, 15) is 18.0 Å². The highest BCUT2D eigenvalue weighted by Crippen LogP contribution is 2.18. The maximum absolute atomic E-state index is 12.3. The molecule has 21 heavy (non-hydrogen) atoms. The summed E-state index contributed by atoms with van der Waals surface area (Å²) in [5.41, 5.74) is 0.122. The van der Waals surface area contributed by atoms with E-state index in [1.807, 2.05) is 0 Å². The van der Waals surface area contributed by atoms with E-state index in [4.69, 9.17) is 5.11 Å². The Morgan fingerprint density at radius 1 is 1.24 bits per heavy atom. The van der Waals surface area contributed by atoms with Crippen LogP contribution in [0.5, 0.6) is 0 Å². The average Bonchev–Trinajstić information content (AvgIpc) is 2.46. The minimum Gasteiger partial charge on any atom is -0.481 e. The van der Waals surface area contributed by atoms with Crippen LogP contribution in [0.2, 0.25) is 0 Å². The molecular formula is C14H19NO5S. The molecule has 0 heterocycles. The number of nitrogens with zero attached hydrogens (tertiary/aromatic N) is 1. The number of carboxylic acids is 1. The Balaban J connectivity index is 2.95. The van der Waals surface area contributed by atoms with Crippen LogP contribution < -0.4 is 0 Å². The van der Waals surface area contributed by atoms with Gasteiger partial charge in [-0.05, 0) is 18.6 Å². The predicted molar refractivity (Wildman–Crippen MR) is 78.0 cm³/mol. The van der Waals surface area contributed by atoms with Gasteiger partial charge in [0, 0.05) is 20.0 Å². The van der Waals surface area contributed by atoms with E-state index in [2.05, 4.69) is 0 Å². The van der Waals surface area contributed by atoms with Gasteiger partial charge in [-0.15, -0.1) is 0 Å². The fourth-order valence-electron chi connectivity index (χ4n) is 1.84. The first-order chi connectivity index (χ1) is 9.79. The molecule has 0 saturated carbocycles. The second kappa shape index (κ2) is 7.21. The molecule has 0 aliphatic rings. The van der Waals surface area contributed by atoms with Crippen LogP contribution in [0.15, 0.2) is 29.2 Å². The molecule has 0 aliphatic heterocycles. The van der Waals surface area contributed by atoms with Crippen LogP contribution in [0.4, 0.5) is 0 Å². The lowest BCUT2D eigenvalue weighted by molar-refractivity contribution is -0.137. The normalized spacial score (nSPS) is 11.1. The Morgan fingerprint density at radius 3 is 2.43 bits per heavy atom. The molecule has 0 fully saturated rings. The van der Waals surface area contributed by atoms with E-state index in [1.165, 1.54) is 31.0 Å². The van der Waals surface area contributed by atoms with E-state index >= 15 is 0 Å². The van der Waals surface area contributed by atoms with E-state index in [0.717, 1.165) is 0 Å². The number of sulfone groups is 1. The lowest BCUT2D eigenvalue weighted by atomic mass is 10.2. The Hall–Kier alpha value is -1.89. The second-order valence-corrected chi connectivity index (χ2v) is 6.87. The SMILES string of the molecule is CCS(=O)(=O)c1ccccc1C(=O)N(C)CCCC(=O)O. The molecule has 1 aromatic carbocycles. The van der Waals surface area contributed by atoms with Crippen LogP contribution >= 0.6 is 0 Å². The number of benzene rings is 1. The summed E-state index contributed by atoms with van der Waals surface area (Å²) in [5.74, 6) is -1.43. The highest BCUT2D eigenvalue weighted by molar-refractivity contribution is 7.91. The second-order valence-electron chi connectivity index (χ2n) is 4.62. The fourth-order valence-corrected chi connectivity index (χ4v) is 2.93. The summed E-state index contributed by atoms with van der Waals surface area (Å²) >= 11 is 0. The van der Waals surface area contributed by atoms with Crippen molar-refractivity contribution < 1.29 is 23.1 Å². The van der Waals surface area contributed by atoms with Crippen LogP contribution in [0.1, 0.15) is 30.1 Å². The van der Waals surface area contributed by atoms with Crippen molar-refractivity contribution in [1.29, 1.82) is 0 Å². The smallest absolute Gasteiger partial charge is 0.303 e. The molecule has 1 rings (SSSR count). The van der Waals surface area contributed by atoms with Gasteiger partial charge in [0.15, 0.2) is 9.84 Å². The van der Waals surface area contributed by atoms with Crippen LogP contribution in [-0.2, 0) is 14.6 Å². The number of hydrogen-bond acceptors (Lipinski definition) is 4. The first-order valence-corrected chi connectivity index (χ1v) is 8.24. The van der Waals surface area contributed by atoms with Gasteiger partial charge in [0.2, 0.25) is 0 Å². The van der Waals surface area contributed by atoms with Crippen molar-refractivity contribution in [3.05, 3.63) is 29.8 Å². The third-order valence-electron chi connectivity index (χ3n) is 3.06. The summed E-state index contributed by atoms with van der Waals surface area (Å²) in [4.78, 5) is 24.1. The number of carbonyl (C=O) groups is 2. The first kappa shape index (κ1) is 17.2. The minimum absolute atomic E-state index is 0.0163. The molecule has 0 unspecified atom stereocenters.